The maximum Gasteiger partial charge on any atom is 0.0740 e. The molecular weight excluding hydrogens is 198 g/mol. The highest BCUT2D eigenvalue weighted by Crippen LogP contribution is 2.17. The molecule has 3 nitrogen and oxygen atoms in total. The van der Waals surface area contributed by atoms with E-state index >= 15 is 0 Å². The number of nitrogens with two attached hydrogens (primary N) is 1. The van der Waals surface area contributed by atoms with Crippen molar-refractivity contribution in [2.75, 3.05) is 6.54 Å². The van der Waals surface area contributed by atoms with Crippen LogP contribution in [-0.2, 0) is 13.5 Å². The summed E-state index contributed by atoms with van der Waals surface area (Å²) in [5.41, 5.74) is 7.75. The number of benzene rings is 1. The number of aryl methyl sites for hydroxylation is 1. The summed E-state index contributed by atoms with van der Waals surface area (Å²) in [4.78, 5) is 0. The normalized spacial score (nSPS) is 11.6. The van der Waals surface area contributed by atoms with Gasteiger partial charge >= 0.3 is 0 Å². The third-order valence-corrected chi connectivity index (χ3v) is 2.65. The van der Waals surface area contributed by atoms with E-state index in [4.69, 9.17) is 5.73 Å². The van der Waals surface area contributed by atoms with Gasteiger partial charge in [0.05, 0.1) is 11.2 Å². The Bertz CT molecular complexity index is 497. The Kier molecular flexibility index (Phi) is 3.37. The average Bonchev–Trinajstić information content (AvgIpc) is 2.63. The van der Waals surface area contributed by atoms with E-state index in [1.54, 1.807) is 0 Å². The number of allylic oxidation sites excluding steroid dienone is 1. The molecule has 0 amide bonds. The molecule has 0 bridgehead atoms. The predicted molar refractivity (Wildman–Crippen MR) is 67.2 cm³/mol. The van der Waals surface area contributed by atoms with Gasteiger partial charge in [0.25, 0.3) is 0 Å². The molecule has 1 aromatic heterocycles. The van der Waals surface area contributed by atoms with Crippen LogP contribution >= 0.6 is 0 Å². The molecule has 1 aromatic carbocycles. The van der Waals surface area contributed by atoms with Gasteiger partial charge < -0.3 is 5.73 Å². The van der Waals surface area contributed by atoms with Crippen molar-refractivity contribution in [3.63, 3.8) is 0 Å². The minimum Gasteiger partial charge on any atom is -0.330 e. The highest BCUT2D eigenvalue weighted by Gasteiger charge is 2.05. The summed E-state index contributed by atoms with van der Waals surface area (Å²) < 4.78 is 1.93. The van der Waals surface area contributed by atoms with Crippen molar-refractivity contribution >= 4 is 10.9 Å². The first-order valence-corrected chi connectivity index (χ1v) is 5.58. The summed E-state index contributed by atoms with van der Waals surface area (Å²) in [6, 6.07) is 8.30. The van der Waals surface area contributed by atoms with Crippen molar-refractivity contribution < 1.29 is 0 Å². The predicted octanol–water partition coefficient (Wildman–Crippen LogP) is 2.02. The van der Waals surface area contributed by atoms with Crippen molar-refractivity contribution in [1.82, 2.24) is 9.78 Å². The number of aromatic nitrogens is 2. The standard InChI is InChI=1S/C13H17N3/c1-16-13-9-5-4-7-11(13)12(15-16)8-3-2-6-10-14/h2-5,7,9H,6,8,10,14H2,1H3. The number of para-hydroxylation sites is 1. The molecule has 0 aliphatic rings. The number of nitrogens with zero attached hydrogens (tertiary/aromatic N) is 2. The molecule has 0 fully saturated rings. The van der Waals surface area contributed by atoms with E-state index < -0.39 is 0 Å². The van der Waals surface area contributed by atoms with Gasteiger partial charge in [-0.3, -0.25) is 4.68 Å². The third-order valence-electron chi connectivity index (χ3n) is 2.65. The van der Waals surface area contributed by atoms with Crippen LogP contribution in [0.3, 0.4) is 0 Å². The van der Waals surface area contributed by atoms with Crippen molar-refractivity contribution in [2.45, 2.75) is 12.8 Å². The molecule has 0 saturated heterocycles. The topological polar surface area (TPSA) is 43.8 Å². The lowest BCUT2D eigenvalue weighted by molar-refractivity contribution is 0.776. The Morgan fingerprint density at radius 2 is 2.12 bits per heavy atom. The van der Waals surface area contributed by atoms with Crippen LogP contribution in [0, 0.1) is 0 Å². The number of rotatable bonds is 4. The van der Waals surface area contributed by atoms with Crippen LogP contribution in [-0.4, -0.2) is 16.3 Å². The van der Waals surface area contributed by atoms with Gasteiger partial charge in [-0.15, -0.1) is 0 Å². The van der Waals surface area contributed by atoms with E-state index in [-0.39, 0.29) is 0 Å². The van der Waals surface area contributed by atoms with Crippen LogP contribution in [0.25, 0.3) is 10.9 Å². The second kappa shape index (κ2) is 4.94. The maximum atomic E-state index is 5.43. The second-order valence-corrected chi connectivity index (χ2v) is 3.84. The Hall–Kier alpha value is -1.61. The minimum atomic E-state index is 0.708. The van der Waals surface area contributed by atoms with Crippen molar-refractivity contribution in [2.24, 2.45) is 12.8 Å². The molecule has 2 N–H and O–H groups in total. The molecule has 0 unspecified atom stereocenters. The van der Waals surface area contributed by atoms with Crippen molar-refractivity contribution in [3.05, 3.63) is 42.1 Å². The fourth-order valence-corrected chi connectivity index (χ4v) is 1.85. The largest absolute Gasteiger partial charge is 0.330 e. The monoisotopic (exact) mass is 215 g/mol. The average molecular weight is 215 g/mol. The molecule has 1 heterocycles. The van der Waals surface area contributed by atoms with Gasteiger partial charge in [0, 0.05) is 18.9 Å². The van der Waals surface area contributed by atoms with Gasteiger partial charge in [0.1, 0.15) is 0 Å². The van der Waals surface area contributed by atoms with Crippen LogP contribution in [0.4, 0.5) is 0 Å². The fraction of sp³-hybridized carbons (Fsp3) is 0.308. The summed E-state index contributed by atoms with van der Waals surface area (Å²) in [6.45, 7) is 0.708. The van der Waals surface area contributed by atoms with Gasteiger partial charge in [-0.2, -0.15) is 5.10 Å². The van der Waals surface area contributed by atoms with Crippen LogP contribution in [0.2, 0.25) is 0 Å². The molecular formula is C13H17N3. The molecule has 16 heavy (non-hydrogen) atoms. The molecule has 0 radical (unpaired) electrons. The van der Waals surface area contributed by atoms with E-state index in [0.29, 0.717) is 6.54 Å². The lowest BCUT2D eigenvalue weighted by Gasteiger charge is -1.91. The highest BCUT2D eigenvalue weighted by molar-refractivity contribution is 5.81. The second-order valence-electron chi connectivity index (χ2n) is 3.84. The van der Waals surface area contributed by atoms with Gasteiger partial charge in [0.15, 0.2) is 0 Å². The van der Waals surface area contributed by atoms with Gasteiger partial charge in [0.2, 0.25) is 0 Å². The third kappa shape index (κ3) is 2.14. The first-order chi connectivity index (χ1) is 7.83. The highest BCUT2D eigenvalue weighted by atomic mass is 15.3. The zero-order valence-corrected chi connectivity index (χ0v) is 9.56. The first kappa shape index (κ1) is 10.9. The smallest absolute Gasteiger partial charge is 0.0740 e. The molecule has 0 aliphatic heterocycles. The molecule has 0 atom stereocenters. The summed E-state index contributed by atoms with van der Waals surface area (Å²) in [5.74, 6) is 0. The maximum absolute atomic E-state index is 5.43. The van der Waals surface area contributed by atoms with Gasteiger partial charge in [-0.1, -0.05) is 30.4 Å². The lowest BCUT2D eigenvalue weighted by Crippen LogP contribution is -1.95. The number of hydrogen-bond acceptors (Lipinski definition) is 2. The van der Waals surface area contributed by atoms with E-state index in [1.165, 1.54) is 10.9 Å². The SMILES string of the molecule is Cn1nc(CC=CCCN)c2ccccc21. The molecule has 2 rings (SSSR count). The van der Waals surface area contributed by atoms with Gasteiger partial charge in [-0.05, 0) is 19.0 Å². The van der Waals surface area contributed by atoms with E-state index in [0.717, 1.165) is 18.5 Å². The molecule has 0 aliphatic carbocycles. The Labute approximate surface area is 95.6 Å². The molecule has 2 aromatic rings. The van der Waals surface area contributed by atoms with E-state index in [9.17, 15) is 0 Å². The summed E-state index contributed by atoms with van der Waals surface area (Å²) in [7, 11) is 1.98. The summed E-state index contributed by atoms with van der Waals surface area (Å²) in [5, 5.41) is 5.76. The quantitative estimate of drug-likeness (QED) is 0.793. The van der Waals surface area contributed by atoms with Crippen LogP contribution in [0.1, 0.15) is 12.1 Å². The summed E-state index contributed by atoms with van der Waals surface area (Å²) >= 11 is 0. The van der Waals surface area contributed by atoms with E-state index in [2.05, 4.69) is 35.4 Å². The zero-order chi connectivity index (χ0) is 11.4. The lowest BCUT2D eigenvalue weighted by atomic mass is 10.1. The fourth-order valence-electron chi connectivity index (χ4n) is 1.85. The Balaban J connectivity index is 2.24. The minimum absolute atomic E-state index is 0.708. The summed E-state index contributed by atoms with van der Waals surface area (Å²) in [6.07, 6.45) is 6.07. The number of fused-ring (bicyclic) bond motifs is 1. The molecule has 3 heteroatoms. The molecule has 0 spiro atoms. The first-order valence-electron chi connectivity index (χ1n) is 5.58. The van der Waals surface area contributed by atoms with Crippen molar-refractivity contribution in [3.8, 4) is 0 Å². The Morgan fingerprint density at radius 1 is 1.31 bits per heavy atom. The van der Waals surface area contributed by atoms with Crippen molar-refractivity contribution in [1.29, 1.82) is 0 Å². The van der Waals surface area contributed by atoms with E-state index in [1.807, 2.05) is 17.8 Å². The zero-order valence-electron chi connectivity index (χ0n) is 9.56. The van der Waals surface area contributed by atoms with Gasteiger partial charge in [-0.25, -0.2) is 0 Å². The van der Waals surface area contributed by atoms with Crippen LogP contribution in [0.5, 0.6) is 0 Å². The van der Waals surface area contributed by atoms with Crippen LogP contribution < -0.4 is 5.73 Å². The molecule has 0 saturated carbocycles. The van der Waals surface area contributed by atoms with Crippen LogP contribution in [0.15, 0.2) is 36.4 Å². The molecule has 84 valence electrons. The number of hydrogen-bond donors (Lipinski definition) is 1. The Morgan fingerprint density at radius 3 is 2.94 bits per heavy atom.